The fourth-order valence-corrected chi connectivity index (χ4v) is 3.16. The number of carbonyl (C=O) groups excluding carboxylic acids is 1. The van der Waals surface area contributed by atoms with E-state index in [0.29, 0.717) is 4.75 Å². The van der Waals surface area contributed by atoms with Crippen LogP contribution in [0.4, 0.5) is 5.69 Å². The summed E-state index contributed by atoms with van der Waals surface area (Å²) in [6.45, 7) is 3.30. The monoisotopic (exact) mass is 292 g/mol. The lowest BCUT2D eigenvalue weighted by atomic mass is 10.1. The number of ether oxygens (including phenoxy) is 1. The summed E-state index contributed by atoms with van der Waals surface area (Å²) >= 11 is 1.96. The molecular formula is C15H20N2O2S. The van der Waals surface area contributed by atoms with Gasteiger partial charge in [-0.15, -0.1) is 0 Å². The van der Waals surface area contributed by atoms with Gasteiger partial charge in [-0.1, -0.05) is 6.07 Å². The van der Waals surface area contributed by atoms with Crippen molar-refractivity contribution in [2.24, 2.45) is 0 Å². The van der Waals surface area contributed by atoms with Crippen molar-refractivity contribution in [3.63, 3.8) is 0 Å². The van der Waals surface area contributed by atoms with Crippen molar-refractivity contribution in [2.75, 3.05) is 24.7 Å². The first-order valence-corrected chi connectivity index (χ1v) is 8.19. The van der Waals surface area contributed by atoms with Crippen LogP contribution in [-0.4, -0.2) is 30.1 Å². The Morgan fingerprint density at radius 2 is 2.30 bits per heavy atom. The van der Waals surface area contributed by atoms with Crippen LogP contribution in [0.5, 0.6) is 5.75 Å². The molecule has 3 rings (SSSR count). The number of hydrogen-bond donors (Lipinski definition) is 2. The van der Waals surface area contributed by atoms with Gasteiger partial charge in [-0.2, -0.15) is 11.8 Å². The van der Waals surface area contributed by atoms with Crippen LogP contribution >= 0.6 is 11.8 Å². The molecule has 0 radical (unpaired) electrons. The number of fused-ring (bicyclic) bond motifs is 1. The average Bonchev–Trinajstić information content (AvgIpc) is 3.24. The molecule has 0 saturated heterocycles. The van der Waals surface area contributed by atoms with Gasteiger partial charge in [0.1, 0.15) is 5.75 Å². The quantitative estimate of drug-likeness (QED) is 0.876. The minimum absolute atomic E-state index is 0.0884. The predicted molar refractivity (Wildman–Crippen MR) is 82.5 cm³/mol. The standard InChI is InChI=1S/C15H20N2O2S/c1-10(16-9-15(20-2)5-6-15)11-3-4-13-12(7-11)17-14(18)8-19-13/h3-4,7,10,16H,5-6,8-9H2,1-2H3,(H,17,18). The number of benzene rings is 1. The van der Waals surface area contributed by atoms with Gasteiger partial charge in [0.25, 0.3) is 5.91 Å². The average molecular weight is 292 g/mol. The molecule has 2 N–H and O–H groups in total. The number of thioether (sulfide) groups is 1. The van der Waals surface area contributed by atoms with E-state index in [-0.39, 0.29) is 18.6 Å². The third kappa shape index (κ3) is 2.79. The summed E-state index contributed by atoms with van der Waals surface area (Å²) in [4.78, 5) is 11.4. The van der Waals surface area contributed by atoms with Crippen molar-refractivity contribution in [3.05, 3.63) is 23.8 Å². The van der Waals surface area contributed by atoms with Gasteiger partial charge >= 0.3 is 0 Å². The number of amides is 1. The number of nitrogens with one attached hydrogen (secondary N) is 2. The first-order valence-electron chi connectivity index (χ1n) is 6.97. The van der Waals surface area contributed by atoms with Crippen LogP contribution in [0.25, 0.3) is 0 Å². The van der Waals surface area contributed by atoms with Gasteiger partial charge < -0.3 is 15.4 Å². The van der Waals surface area contributed by atoms with Gasteiger partial charge in [0.05, 0.1) is 5.69 Å². The highest BCUT2D eigenvalue weighted by atomic mass is 32.2. The molecule has 108 valence electrons. The summed E-state index contributed by atoms with van der Waals surface area (Å²) < 4.78 is 5.83. The second-order valence-corrected chi connectivity index (χ2v) is 6.86. The Bertz CT molecular complexity index is 529. The van der Waals surface area contributed by atoms with Crippen LogP contribution in [-0.2, 0) is 4.79 Å². The molecule has 1 aromatic rings. The largest absolute Gasteiger partial charge is 0.482 e. The van der Waals surface area contributed by atoms with Gasteiger partial charge in [0, 0.05) is 17.3 Å². The van der Waals surface area contributed by atoms with Crippen molar-refractivity contribution < 1.29 is 9.53 Å². The first-order chi connectivity index (χ1) is 9.62. The third-order valence-corrected chi connectivity index (χ3v) is 5.53. The molecule has 1 aliphatic carbocycles. The molecule has 4 nitrogen and oxygen atoms in total. The summed E-state index contributed by atoms with van der Waals surface area (Å²) in [6.07, 6.45) is 4.80. The van der Waals surface area contributed by atoms with E-state index in [1.165, 1.54) is 18.4 Å². The van der Waals surface area contributed by atoms with Crippen LogP contribution in [0, 0.1) is 0 Å². The molecule has 1 unspecified atom stereocenters. The van der Waals surface area contributed by atoms with Crippen LogP contribution < -0.4 is 15.4 Å². The highest BCUT2D eigenvalue weighted by molar-refractivity contribution is 8.00. The summed E-state index contributed by atoms with van der Waals surface area (Å²) in [6, 6.07) is 6.27. The van der Waals surface area contributed by atoms with Gasteiger partial charge in [0.15, 0.2) is 6.61 Å². The molecule has 0 bridgehead atoms. The lowest BCUT2D eigenvalue weighted by Gasteiger charge is -2.22. The van der Waals surface area contributed by atoms with E-state index < -0.39 is 0 Å². The van der Waals surface area contributed by atoms with Gasteiger partial charge in [-0.3, -0.25) is 4.79 Å². The Morgan fingerprint density at radius 3 is 3.00 bits per heavy atom. The molecule has 1 amide bonds. The van der Waals surface area contributed by atoms with E-state index in [2.05, 4.69) is 29.9 Å². The molecule has 1 heterocycles. The van der Waals surface area contributed by atoms with Crippen LogP contribution in [0.2, 0.25) is 0 Å². The fourth-order valence-electron chi connectivity index (χ4n) is 2.42. The molecule has 1 aromatic carbocycles. The third-order valence-electron chi connectivity index (χ3n) is 4.11. The van der Waals surface area contributed by atoms with Crippen molar-refractivity contribution >= 4 is 23.4 Å². The predicted octanol–water partition coefficient (Wildman–Crippen LogP) is 2.56. The number of hydrogen-bond acceptors (Lipinski definition) is 4. The zero-order chi connectivity index (χ0) is 14.2. The minimum Gasteiger partial charge on any atom is -0.482 e. The Hall–Kier alpha value is -1.20. The maximum atomic E-state index is 11.4. The molecule has 0 aromatic heterocycles. The second kappa shape index (κ2) is 5.30. The highest BCUT2D eigenvalue weighted by Gasteiger charge is 2.41. The highest BCUT2D eigenvalue weighted by Crippen LogP contribution is 2.46. The molecule has 1 aliphatic heterocycles. The summed E-state index contributed by atoms with van der Waals surface area (Å²) in [5.41, 5.74) is 1.95. The molecule has 5 heteroatoms. The minimum atomic E-state index is -0.0884. The van der Waals surface area contributed by atoms with E-state index in [9.17, 15) is 4.79 Å². The Kier molecular flexibility index (Phi) is 3.65. The fraction of sp³-hybridized carbons (Fsp3) is 0.533. The Labute approximate surface area is 123 Å². The molecule has 1 fully saturated rings. The van der Waals surface area contributed by atoms with Crippen molar-refractivity contribution in [1.82, 2.24) is 5.32 Å². The first kappa shape index (κ1) is 13.8. The van der Waals surface area contributed by atoms with Crippen LogP contribution in [0.3, 0.4) is 0 Å². The van der Waals surface area contributed by atoms with E-state index in [1.807, 2.05) is 23.9 Å². The normalized spacial score (nSPS) is 20.6. The van der Waals surface area contributed by atoms with Gasteiger partial charge in [-0.25, -0.2) is 0 Å². The van der Waals surface area contributed by atoms with Gasteiger partial charge in [-0.05, 0) is 43.7 Å². The summed E-state index contributed by atoms with van der Waals surface area (Å²) in [5.74, 6) is 0.665. The zero-order valence-electron chi connectivity index (χ0n) is 11.9. The summed E-state index contributed by atoms with van der Waals surface area (Å²) in [5, 5.41) is 6.45. The van der Waals surface area contributed by atoms with Crippen molar-refractivity contribution in [1.29, 1.82) is 0 Å². The number of anilines is 1. The van der Waals surface area contributed by atoms with E-state index in [0.717, 1.165) is 18.0 Å². The number of rotatable bonds is 5. The second-order valence-electron chi connectivity index (χ2n) is 5.58. The van der Waals surface area contributed by atoms with Gasteiger partial charge in [0.2, 0.25) is 0 Å². The lowest BCUT2D eigenvalue weighted by molar-refractivity contribution is -0.118. The molecule has 2 aliphatic rings. The lowest BCUT2D eigenvalue weighted by Crippen LogP contribution is -2.29. The topological polar surface area (TPSA) is 50.4 Å². The molecule has 20 heavy (non-hydrogen) atoms. The smallest absolute Gasteiger partial charge is 0.262 e. The van der Waals surface area contributed by atoms with Crippen LogP contribution in [0.15, 0.2) is 18.2 Å². The van der Waals surface area contributed by atoms with E-state index >= 15 is 0 Å². The van der Waals surface area contributed by atoms with E-state index in [1.54, 1.807) is 0 Å². The maximum Gasteiger partial charge on any atom is 0.262 e. The van der Waals surface area contributed by atoms with Crippen LogP contribution in [0.1, 0.15) is 31.4 Å². The summed E-state index contributed by atoms with van der Waals surface area (Å²) in [7, 11) is 0. The zero-order valence-corrected chi connectivity index (χ0v) is 12.7. The number of carbonyl (C=O) groups is 1. The molecule has 1 saturated carbocycles. The molecule has 1 atom stereocenters. The van der Waals surface area contributed by atoms with Crippen molar-refractivity contribution in [3.8, 4) is 5.75 Å². The Morgan fingerprint density at radius 1 is 1.50 bits per heavy atom. The van der Waals surface area contributed by atoms with E-state index in [4.69, 9.17) is 4.74 Å². The Balaban J connectivity index is 1.67. The van der Waals surface area contributed by atoms with Crippen molar-refractivity contribution in [2.45, 2.75) is 30.6 Å². The molecular weight excluding hydrogens is 272 g/mol. The SMILES string of the molecule is CSC1(CNC(C)c2ccc3c(c2)NC(=O)CO3)CC1. The maximum absolute atomic E-state index is 11.4. The molecule has 0 spiro atoms.